The zero-order valence-corrected chi connectivity index (χ0v) is 8.47. The topological polar surface area (TPSA) is 38.3 Å². The van der Waals surface area contributed by atoms with E-state index in [9.17, 15) is 4.79 Å². The van der Waals surface area contributed by atoms with Crippen molar-refractivity contribution in [1.82, 2.24) is 5.32 Å². The molecule has 3 aliphatic rings. The second-order valence-electron chi connectivity index (χ2n) is 5.14. The van der Waals surface area contributed by atoms with Gasteiger partial charge in [0.1, 0.15) is 0 Å². The van der Waals surface area contributed by atoms with Gasteiger partial charge in [-0.05, 0) is 12.8 Å². The highest BCUT2D eigenvalue weighted by atomic mass is 16.5. The lowest BCUT2D eigenvalue weighted by molar-refractivity contribution is -0.154. The summed E-state index contributed by atoms with van der Waals surface area (Å²) < 4.78 is 5.34. The number of ether oxygens (including phenoxy) is 1. The number of amides is 1. The molecule has 2 saturated heterocycles. The normalized spacial score (nSPS) is 33.0. The molecule has 1 N–H and O–H groups in total. The Morgan fingerprint density at radius 3 is 2.43 bits per heavy atom. The smallest absolute Gasteiger partial charge is 0.221 e. The fraction of sp³-hybridized carbons (Fsp3) is 0.909. The number of hydrogen-bond acceptors (Lipinski definition) is 2. The lowest BCUT2D eigenvalue weighted by atomic mass is 9.62. The van der Waals surface area contributed by atoms with Crippen LogP contribution < -0.4 is 5.32 Å². The number of rotatable bonds is 0. The predicted molar refractivity (Wildman–Crippen MR) is 51.8 cm³/mol. The van der Waals surface area contributed by atoms with Gasteiger partial charge in [0.05, 0.1) is 18.8 Å². The van der Waals surface area contributed by atoms with E-state index in [1.165, 1.54) is 32.1 Å². The number of nitrogens with one attached hydrogen (secondary N) is 1. The van der Waals surface area contributed by atoms with E-state index in [1.54, 1.807) is 0 Å². The third-order valence-electron chi connectivity index (χ3n) is 4.36. The van der Waals surface area contributed by atoms with E-state index < -0.39 is 0 Å². The first-order valence-electron chi connectivity index (χ1n) is 5.65. The Labute approximate surface area is 84.2 Å². The van der Waals surface area contributed by atoms with Gasteiger partial charge in [0.25, 0.3) is 0 Å². The molecule has 1 saturated carbocycles. The van der Waals surface area contributed by atoms with Gasteiger partial charge in [-0.25, -0.2) is 0 Å². The molecule has 2 aliphatic heterocycles. The van der Waals surface area contributed by atoms with Gasteiger partial charge < -0.3 is 10.1 Å². The number of fused-ring (bicyclic) bond motifs is 1. The van der Waals surface area contributed by atoms with Crippen LogP contribution in [-0.2, 0) is 9.53 Å². The fourth-order valence-electron chi connectivity index (χ4n) is 3.46. The van der Waals surface area contributed by atoms with Crippen molar-refractivity contribution in [3.8, 4) is 0 Å². The minimum Gasteiger partial charge on any atom is -0.380 e. The summed E-state index contributed by atoms with van der Waals surface area (Å²) in [4.78, 5) is 11.6. The van der Waals surface area contributed by atoms with E-state index in [2.05, 4.69) is 5.32 Å². The quantitative estimate of drug-likeness (QED) is 0.631. The van der Waals surface area contributed by atoms with Crippen molar-refractivity contribution in [2.75, 3.05) is 13.2 Å². The number of carbonyl (C=O) groups is 1. The molecule has 14 heavy (non-hydrogen) atoms. The fourth-order valence-corrected chi connectivity index (χ4v) is 3.46. The predicted octanol–water partition coefficient (Wildman–Crippen LogP) is 1.23. The summed E-state index contributed by atoms with van der Waals surface area (Å²) in [5.41, 5.74) is 0.283. The zero-order valence-electron chi connectivity index (χ0n) is 8.47. The third-order valence-corrected chi connectivity index (χ3v) is 4.36. The van der Waals surface area contributed by atoms with Crippen LogP contribution in [-0.4, -0.2) is 24.7 Å². The first-order valence-corrected chi connectivity index (χ1v) is 5.65. The highest BCUT2D eigenvalue weighted by Gasteiger charge is 2.61. The van der Waals surface area contributed by atoms with Crippen LogP contribution in [0, 0.1) is 5.41 Å². The number of hydrogen-bond donors (Lipinski definition) is 1. The largest absolute Gasteiger partial charge is 0.380 e. The molecular weight excluding hydrogens is 178 g/mol. The molecule has 3 fully saturated rings. The monoisotopic (exact) mass is 195 g/mol. The summed E-state index contributed by atoms with van der Waals surface area (Å²) in [5, 5.41) is 3.24. The van der Waals surface area contributed by atoms with Crippen molar-refractivity contribution < 1.29 is 9.53 Å². The van der Waals surface area contributed by atoms with Crippen molar-refractivity contribution in [3.63, 3.8) is 0 Å². The van der Waals surface area contributed by atoms with Gasteiger partial charge in [0.15, 0.2) is 0 Å². The van der Waals surface area contributed by atoms with E-state index in [0.717, 1.165) is 13.2 Å². The van der Waals surface area contributed by atoms with E-state index in [4.69, 9.17) is 4.74 Å². The minimum atomic E-state index is 0.112. The Kier molecular flexibility index (Phi) is 1.69. The molecule has 1 amide bonds. The van der Waals surface area contributed by atoms with Crippen LogP contribution in [0.2, 0.25) is 0 Å². The standard InChI is InChI=1S/C11H17NO2/c13-9-6-10(7-14-8-10)11(12-9)4-2-1-3-5-11/h1-8H2,(H,12,13). The highest BCUT2D eigenvalue weighted by Crippen LogP contribution is 2.52. The summed E-state index contributed by atoms with van der Waals surface area (Å²) in [5.74, 6) is 0.246. The molecule has 0 bridgehead atoms. The zero-order chi connectivity index (χ0) is 9.65. The van der Waals surface area contributed by atoms with Crippen LogP contribution in [0.4, 0.5) is 0 Å². The van der Waals surface area contributed by atoms with Crippen molar-refractivity contribution in [3.05, 3.63) is 0 Å². The summed E-state index contributed by atoms with van der Waals surface area (Å²) in [7, 11) is 0. The van der Waals surface area contributed by atoms with Crippen molar-refractivity contribution in [1.29, 1.82) is 0 Å². The molecule has 0 aromatic rings. The van der Waals surface area contributed by atoms with Crippen molar-refractivity contribution in [2.45, 2.75) is 44.1 Å². The van der Waals surface area contributed by atoms with Crippen LogP contribution in [0.5, 0.6) is 0 Å². The Morgan fingerprint density at radius 1 is 1.14 bits per heavy atom. The minimum absolute atomic E-state index is 0.112. The van der Waals surface area contributed by atoms with Crippen molar-refractivity contribution in [2.24, 2.45) is 5.41 Å². The number of carbonyl (C=O) groups excluding carboxylic acids is 1. The maximum atomic E-state index is 11.6. The summed E-state index contributed by atoms with van der Waals surface area (Å²) in [6, 6.07) is 0. The Balaban J connectivity index is 1.91. The molecule has 1 aliphatic carbocycles. The molecular formula is C11H17NO2. The van der Waals surface area contributed by atoms with Gasteiger partial charge in [-0.2, -0.15) is 0 Å². The molecule has 0 unspecified atom stereocenters. The molecule has 0 radical (unpaired) electrons. The summed E-state index contributed by atoms with van der Waals surface area (Å²) in [6.45, 7) is 1.59. The average Bonchev–Trinajstić information content (AvgIpc) is 2.39. The summed E-state index contributed by atoms with van der Waals surface area (Å²) >= 11 is 0. The van der Waals surface area contributed by atoms with Gasteiger partial charge in [0.2, 0.25) is 5.91 Å². The van der Waals surface area contributed by atoms with Crippen LogP contribution in [0.25, 0.3) is 0 Å². The van der Waals surface area contributed by atoms with Gasteiger partial charge >= 0.3 is 0 Å². The maximum Gasteiger partial charge on any atom is 0.221 e. The summed E-state index contributed by atoms with van der Waals surface area (Å²) in [6.07, 6.45) is 6.90. The van der Waals surface area contributed by atoms with Crippen LogP contribution in [0.15, 0.2) is 0 Å². The van der Waals surface area contributed by atoms with E-state index in [0.29, 0.717) is 6.42 Å². The molecule has 0 aromatic carbocycles. The van der Waals surface area contributed by atoms with Gasteiger partial charge in [-0.1, -0.05) is 19.3 Å². The Hall–Kier alpha value is -0.570. The van der Waals surface area contributed by atoms with Gasteiger partial charge in [-0.15, -0.1) is 0 Å². The molecule has 0 atom stereocenters. The van der Waals surface area contributed by atoms with Crippen LogP contribution in [0.1, 0.15) is 38.5 Å². The molecule has 3 rings (SSSR count). The molecule has 78 valence electrons. The van der Waals surface area contributed by atoms with Crippen LogP contribution in [0.3, 0.4) is 0 Å². The van der Waals surface area contributed by atoms with E-state index in [-0.39, 0.29) is 16.9 Å². The van der Waals surface area contributed by atoms with Gasteiger partial charge in [-0.3, -0.25) is 4.79 Å². The molecule has 0 aromatic heterocycles. The van der Waals surface area contributed by atoms with Gasteiger partial charge in [0, 0.05) is 11.8 Å². The average molecular weight is 195 g/mol. The molecule has 3 nitrogen and oxygen atoms in total. The Morgan fingerprint density at radius 2 is 1.86 bits per heavy atom. The first kappa shape index (κ1) is 8.72. The lowest BCUT2D eigenvalue weighted by Gasteiger charge is -2.52. The SMILES string of the molecule is O=C1CC2(COC2)C2(CCCCC2)N1. The lowest BCUT2D eigenvalue weighted by Crippen LogP contribution is -2.61. The molecule has 3 heteroatoms. The van der Waals surface area contributed by atoms with Crippen molar-refractivity contribution >= 4 is 5.91 Å². The molecule has 2 spiro atoms. The second kappa shape index (κ2) is 2.72. The maximum absolute atomic E-state index is 11.6. The van der Waals surface area contributed by atoms with Crippen LogP contribution >= 0.6 is 0 Å². The highest BCUT2D eigenvalue weighted by molar-refractivity contribution is 5.81. The van der Waals surface area contributed by atoms with E-state index >= 15 is 0 Å². The first-order chi connectivity index (χ1) is 6.77. The Bertz CT molecular complexity index is 264. The van der Waals surface area contributed by atoms with E-state index in [1.807, 2.05) is 0 Å². The third kappa shape index (κ3) is 0.937. The second-order valence-corrected chi connectivity index (χ2v) is 5.14. The molecule has 2 heterocycles.